The summed E-state index contributed by atoms with van der Waals surface area (Å²) in [5.41, 5.74) is 2.49. The van der Waals surface area contributed by atoms with E-state index in [4.69, 9.17) is 4.74 Å². The monoisotopic (exact) mass is 296 g/mol. The lowest BCUT2D eigenvalue weighted by Gasteiger charge is -2.02. The molecule has 0 aliphatic rings. The van der Waals surface area contributed by atoms with Crippen molar-refractivity contribution in [2.45, 2.75) is 12.8 Å². The second-order valence-corrected chi connectivity index (χ2v) is 5.01. The number of benzene rings is 2. The summed E-state index contributed by atoms with van der Waals surface area (Å²) in [4.78, 5) is 18.9. The molecule has 0 aliphatic heterocycles. The van der Waals surface area contributed by atoms with Crippen LogP contribution in [0, 0.1) is 0 Å². The first-order valence-electron chi connectivity index (χ1n) is 7.02. The van der Waals surface area contributed by atoms with Crippen LogP contribution in [0.15, 0.2) is 42.5 Å². The van der Waals surface area contributed by atoms with Gasteiger partial charge in [-0.15, -0.1) is 0 Å². The molecule has 0 fully saturated rings. The molecule has 0 atom stereocenters. The molecule has 1 heterocycles. The zero-order valence-corrected chi connectivity index (χ0v) is 12.2. The van der Waals surface area contributed by atoms with Gasteiger partial charge < -0.3 is 14.8 Å². The number of carboxylic acid groups (broad SMARTS) is 1. The Morgan fingerprint density at radius 1 is 1.18 bits per heavy atom. The molecule has 0 saturated carbocycles. The molecular weight excluding hydrogens is 280 g/mol. The first kappa shape index (κ1) is 14.1. The van der Waals surface area contributed by atoms with Gasteiger partial charge in [-0.3, -0.25) is 0 Å². The number of fused-ring (bicyclic) bond motifs is 1. The first-order chi connectivity index (χ1) is 10.7. The van der Waals surface area contributed by atoms with Gasteiger partial charge in [0.1, 0.15) is 17.1 Å². The zero-order chi connectivity index (χ0) is 15.5. The van der Waals surface area contributed by atoms with Gasteiger partial charge >= 0.3 is 5.97 Å². The quantitative estimate of drug-likeness (QED) is 0.758. The van der Waals surface area contributed by atoms with E-state index in [2.05, 4.69) is 22.1 Å². The molecule has 112 valence electrons. The van der Waals surface area contributed by atoms with Gasteiger partial charge in [-0.2, -0.15) is 0 Å². The number of hydrogen-bond acceptors (Lipinski definition) is 3. The van der Waals surface area contributed by atoms with Gasteiger partial charge in [-0.05, 0) is 24.1 Å². The Morgan fingerprint density at radius 2 is 1.95 bits per heavy atom. The van der Waals surface area contributed by atoms with Crippen LogP contribution in [-0.2, 0) is 12.8 Å². The predicted octanol–water partition coefficient (Wildman–Crippen LogP) is 3.05. The molecule has 0 aliphatic carbocycles. The van der Waals surface area contributed by atoms with E-state index in [1.165, 1.54) is 11.6 Å². The lowest BCUT2D eigenvalue weighted by atomic mass is 10.1. The van der Waals surface area contributed by atoms with Crippen molar-refractivity contribution in [3.05, 3.63) is 59.4 Å². The van der Waals surface area contributed by atoms with Crippen molar-refractivity contribution in [3.8, 4) is 5.75 Å². The number of aromatic nitrogens is 2. The number of nitrogens with zero attached hydrogens (tertiary/aromatic N) is 1. The lowest BCUT2D eigenvalue weighted by molar-refractivity contribution is 0.0699. The third kappa shape index (κ3) is 2.65. The molecule has 2 aromatic carbocycles. The molecule has 5 nitrogen and oxygen atoms in total. The van der Waals surface area contributed by atoms with Crippen LogP contribution in [0.5, 0.6) is 5.75 Å². The van der Waals surface area contributed by atoms with Crippen LogP contribution in [0.3, 0.4) is 0 Å². The molecule has 3 aromatic rings. The second-order valence-electron chi connectivity index (χ2n) is 5.01. The number of nitrogens with one attached hydrogen (secondary N) is 1. The van der Waals surface area contributed by atoms with E-state index in [9.17, 15) is 9.90 Å². The van der Waals surface area contributed by atoms with E-state index in [-0.39, 0.29) is 5.56 Å². The number of rotatable bonds is 5. The molecule has 5 heteroatoms. The summed E-state index contributed by atoms with van der Waals surface area (Å²) in [5.74, 6) is 0.346. The van der Waals surface area contributed by atoms with Gasteiger partial charge in [0.15, 0.2) is 0 Å². The SMILES string of the molecule is COc1ccc(C(=O)O)c2[nH]c(CCc3ccccc3)nc12. The summed E-state index contributed by atoms with van der Waals surface area (Å²) in [6.45, 7) is 0. The van der Waals surface area contributed by atoms with Gasteiger partial charge in [0.05, 0.1) is 18.2 Å². The third-order valence-corrected chi connectivity index (χ3v) is 3.60. The normalized spacial score (nSPS) is 10.8. The Balaban J connectivity index is 1.94. The smallest absolute Gasteiger partial charge is 0.337 e. The number of imidazole rings is 1. The van der Waals surface area contributed by atoms with Crippen molar-refractivity contribution in [1.82, 2.24) is 9.97 Å². The van der Waals surface area contributed by atoms with Crippen molar-refractivity contribution in [3.63, 3.8) is 0 Å². The van der Waals surface area contributed by atoms with Gasteiger partial charge in [0.2, 0.25) is 0 Å². The number of hydrogen-bond donors (Lipinski definition) is 2. The average Bonchev–Trinajstić information content (AvgIpc) is 2.96. The highest BCUT2D eigenvalue weighted by molar-refractivity contribution is 6.02. The highest BCUT2D eigenvalue weighted by Gasteiger charge is 2.16. The van der Waals surface area contributed by atoms with Crippen LogP contribution in [0.1, 0.15) is 21.7 Å². The van der Waals surface area contributed by atoms with Gasteiger partial charge in [-0.1, -0.05) is 30.3 Å². The fourth-order valence-electron chi connectivity index (χ4n) is 2.49. The molecule has 0 radical (unpaired) electrons. The van der Waals surface area contributed by atoms with E-state index in [0.717, 1.165) is 12.2 Å². The Kier molecular flexibility index (Phi) is 3.78. The lowest BCUT2D eigenvalue weighted by Crippen LogP contribution is -1.98. The summed E-state index contributed by atoms with van der Waals surface area (Å²) in [5, 5.41) is 9.28. The maximum absolute atomic E-state index is 11.3. The number of carboxylic acids is 1. The average molecular weight is 296 g/mol. The number of aromatic carboxylic acids is 1. The number of carbonyl (C=O) groups is 1. The van der Waals surface area contributed by atoms with E-state index >= 15 is 0 Å². The summed E-state index contributed by atoms with van der Waals surface area (Å²) >= 11 is 0. The molecule has 3 rings (SSSR count). The third-order valence-electron chi connectivity index (χ3n) is 3.60. The Labute approximate surface area is 127 Å². The Morgan fingerprint density at radius 3 is 2.64 bits per heavy atom. The number of methoxy groups -OCH3 is 1. The Bertz CT molecular complexity index is 809. The van der Waals surface area contributed by atoms with E-state index in [1.54, 1.807) is 13.2 Å². The van der Waals surface area contributed by atoms with Crippen LogP contribution in [0.25, 0.3) is 11.0 Å². The summed E-state index contributed by atoms with van der Waals surface area (Å²) in [6.07, 6.45) is 1.55. The molecule has 2 N–H and O–H groups in total. The van der Waals surface area contributed by atoms with Gasteiger partial charge in [-0.25, -0.2) is 9.78 Å². The van der Waals surface area contributed by atoms with Crippen LogP contribution >= 0.6 is 0 Å². The molecule has 0 unspecified atom stereocenters. The molecule has 0 amide bonds. The molecular formula is C17H16N2O3. The maximum Gasteiger partial charge on any atom is 0.337 e. The highest BCUT2D eigenvalue weighted by Crippen LogP contribution is 2.27. The zero-order valence-electron chi connectivity index (χ0n) is 12.2. The van der Waals surface area contributed by atoms with Crippen LogP contribution in [0.4, 0.5) is 0 Å². The van der Waals surface area contributed by atoms with Gasteiger partial charge in [0.25, 0.3) is 0 Å². The molecule has 0 bridgehead atoms. The van der Waals surface area contributed by atoms with Crippen LogP contribution in [-0.4, -0.2) is 28.2 Å². The van der Waals surface area contributed by atoms with Crippen molar-refractivity contribution in [2.75, 3.05) is 7.11 Å². The first-order valence-corrected chi connectivity index (χ1v) is 7.02. The summed E-state index contributed by atoms with van der Waals surface area (Å²) in [7, 11) is 1.55. The van der Waals surface area contributed by atoms with E-state index < -0.39 is 5.97 Å². The fraction of sp³-hybridized carbons (Fsp3) is 0.176. The van der Waals surface area contributed by atoms with E-state index in [1.807, 2.05) is 18.2 Å². The van der Waals surface area contributed by atoms with Gasteiger partial charge in [0, 0.05) is 6.42 Å². The van der Waals surface area contributed by atoms with Crippen molar-refractivity contribution in [1.29, 1.82) is 0 Å². The summed E-state index contributed by atoms with van der Waals surface area (Å²) < 4.78 is 5.26. The highest BCUT2D eigenvalue weighted by atomic mass is 16.5. The standard InChI is InChI=1S/C17H16N2O3/c1-22-13-9-8-12(17(20)21)15-16(13)19-14(18-15)10-7-11-5-3-2-4-6-11/h2-6,8-9H,7,10H2,1H3,(H,18,19)(H,20,21). The maximum atomic E-state index is 11.3. The predicted molar refractivity (Wildman–Crippen MR) is 83.5 cm³/mol. The Hall–Kier alpha value is -2.82. The van der Waals surface area contributed by atoms with Crippen molar-refractivity contribution in [2.24, 2.45) is 0 Å². The number of aryl methyl sites for hydroxylation is 2. The van der Waals surface area contributed by atoms with Crippen molar-refractivity contribution < 1.29 is 14.6 Å². The molecule has 1 aromatic heterocycles. The van der Waals surface area contributed by atoms with Crippen LogP contribution in [0.2, 0.25) is 0 Å². The number of H-pyrrole nitrogens is 1. The molecule has 0 saturated heterocycles. The minimum Gasteiger partial charge on any atom is -0.494 e. The largest absolute Gasteiger partial charge is 0.494 e. The molecule has 0 spiro atoms. The minimum absolute atomic E-state index is 0.203. The fourth-order valence-corrected chi connectivity index (χ4v) is 2.49. The molecule has 22 heavy (non-hydrogen) atoms. The number of aromatic amines is 1. The minimum atomic E-state index is -0.981. The van der Waals surface area contributed by atoms with Crippen LogP contribution < -0.4 is 4.74 Å². The van der Waals surface area contributed by atoms with Crippen molar-refractivity contribution >= 4 is 17.0 Å². The summed E-state index contributed by atoms with van der Waals surface area (Å²) in [6, 6.07) is 13.3. The van der Waals surface area contributed by atoms with E-state index in [0.29, 0.717) is 23.2 Å². The number of ether oxygens (including phenoxy) is 1. The topological polar surface area (TPSA) is 75.2 Å². The second kappa shape index (κ2) is 5.89.